The molecule has 1 amide bonds. The second-order valence-electron chi connectivity index (χ2n) is 8.30. The second kappa shape index (κ2) is 9.51. The van der Waals surface area contributed by atoms with E-state index in [9.17, 15) is 9.59 Å². The number of benzene rings is 1. The van der Waals surface area contributed by atoms with E-state index < -0.39 is 0 Å². The fraction of sp³-hybridized carbons (Fsp3) is 0.522. The van der Waals surface area contributed by atoms with E-state index in [-0.39, 0.29) is 18.0 Å². The van der Waals surface area contributed by atoms with Crippen LogP contribution in [0.5, 0.6) is 5.75 Å². The van der Waals surface area contributed by atoms with Crippen molar-refractivity contribution in [2.45, 2.75) is 51.1 Å². The van der Waals surface area contributed by atoms with E-state index in [1.54, 1.807) is 23.4 Å². The molecule has 0 atom stereocenters. The monoisotopic (exact) mass is 425 g/mol. The Labute approximate surface area is 181 Å². The molecule has 31 heavy (non-hydrogen) atoms. The van der Waals surface area contributed by atoms with E-state index in [1.165, 1.54) is 38.3 Å². The maximum absolute atomic E-state index is 12.7. The number of nitrogens with zero attached hydrogens (tertiary/aromatic N) is 3. The van der Waals surface area contributed by atoms with E-state index in [4.69, 9.17) is 4.74 Å². The van der Waals surface area contributed by atoms with Crippen molar-refractivity contribution in [2.75, 3.05) is 20.2 Å². The summed E-state index contributed by atoms with van der Waals surface area (Å²) in [4.78, 5) is 25.3. The number of carbonyl (C=O) groups excluding carboxylic acids is 1. The molecule has 2 heterocycles. The molecule has 0 unspecified atom stereocenters. The Hall–Kier alpha value is -2.87. The highest BCUT2D eigenvalue weighted by Gasteiger charge is 2.16. The van der Waals surface area contributed by atoms with Crippen molar-refractivity contribution in [3.8, 4) is 5.75 Å². The first-order valence-corrected chi connectivity index (χ1v) is 11.1. The molecule has 0 spiro atoms. The highest BCUT2D eigenvalue weighted by Crippen LogP contribution is 2.26. The van der Waals surface area contributed by atoms with Gasteiger partial charge >= 0.3 is 0 Å². The van der Waals surface area contributed by atoms with Gasteiger partial charge in [-0.15, -0.1) is 0 Å². The lowest BCUT2D eigenvalue weighted by Crippen LogP contribution is -2.34. The molecule has 166 valence electrons. The minimum atomic E-state index is -0.131. The topological polar surface area (TPSA) is 90.2 Å². The minimum Gasteiger partial charge on any atom is -0.497 e. The molecule has 3 aromatic rings. The second-order valence-corrected chi connectivity index (χ2v) is 8.30. The van der Waals surface area contributed by atoms with Crippen LogP contribution in [-0.2, 0) is 18.4 Å². The summed E-state index contributed by atoms with van der Waals surface area (Å²) in [5, 5.41) is 12.2. The third-order valence-corrected chi connectivity index (χ3v) is 6.20. The van der Waals surface area contributed by atoms with Crippen LogP contribution < -0.4 is 20.9 Å². The Morgan fingerprint density at radius 3 is 2.77 bits per heavy atom. The normalized spacial score (nSPS) is 14.9. The zero-order valence-corrected chi connectivity index (χ0v) is 18.3. The quantitative estimate of drug-likeness (QED) is 0.541. The SMILES string of the molecule is COc1ccc2c(c1)c1c(cnn1CC(=O)NCCCNC1CCCCC1)c(=O)n2C. The zero-order chi connectivity index (χ0) is 21.8. The molecule has 8 heteroatoms. The fourth-order valence-electron chi connectivity index (χ4n) is 4.48. The van der Waals surface area contributed by atoms with E-state index in [0.29, 0.717) is 29.2 Å². The summed E-state index contributed by atoms with van der Waals surface area (Å²) in [7, 11) is 3.34. The van der Waals surface area contributed by atoms with Gasteiger partial charge in [0.15, 0.2) is 0 Å². The van der Waals surface area contributed by atoms with Crippen LogP contribution in [0.2, 0.25) is 0 Å². The predicted octanol–water partition coefficient (Wildman–Crippen LogP) is 2.33. The molecular weight excluding hydrogens is 394 g/mol. The Morgan fingerprint density at radius 2 is 2.00 bits per heavy atom. The van der Waals surface area contributed by atoms with Crippen LogP contribution in [0.4, 0.5) is 0 Å². The molecule has 1 aliphatic carbocycles. The van der Waals surface area contributed by atoms with Crippen LogP contribution in [0.1, 0.15) is 38.5 Å². The van der Waals surface area contributed by atoms with Crippen molar-refractivity contribution >= 4 is 27.7 Å². The van der Waals surface area contributed by atoms with Gasteiger partial charge in [0, 0.05) is 25.0 Å². The van der Waals surface area contributed by atoms with E-state index in [2.05, 4.69) is 15.7 Å². The van der Waals surface area contributed by atoms with Crippen molar-refractivity contribution in [3.63, 3.8) is 0 Å². The van der Waals surface area contributed by atoms with Gasteiger partial charge in [0.05, 0.1) is 29.7 Å². The number of carbonyl (C=O) groups is 1. The molecule has 1 fully saturated rings. The number of aromatic nitrogens is 3. The lowest BCUT2D eigenvalue weighted by atomic mass is 9.95. The number of ether oxygens (including phenoxy) is 1. The average molecular weight is 426 g/mol. The molecule has 1 saturated carbocycles. The fourth-order valence-corrected chi connectivity index (χ4v) is 4.48. The largest absolute Gasteiger partial charge is 0.497 e. The number of nitrogens with one attached hydrogen (secondary N) is 2. The first-order valence-electron chi connectivity index (χ1n) is 11.1. The number of pyridine rings is 1. The van der Waals surface area contributed by atoms with Gasteiger partial charge < -0.3 is 19.9 Å². The van der Waals surface area contributed by atoms with Gasteiger partial charge in [0.25, 0.3) is 5.56 Å². The summed E-state index contributed by atoms with van der Waals surface area (Å²) >= 11 is 0. The van der Waals surface area contributed by atoms with Crippen molar-refractivity contribution in [1.29, 1.82) is 0 Å². The Morgan fingerprint density at radius 1 is 1.19 bits per heavy atom. The van der Waals surface area contributed by atoms with E-state index in [1.807, 2.05) is 18.2 Å². The van der Waals surface area contributed by atoms with Crippen LogP contribution >= 0.6 is 0 Å². The van der Waals surface area contributed by atoms with Crippen molar-refractivity contribution in [3.05, 3.63) is 34.7 Å². The lowest BCUT2D eigenvalue weighted by Gasteiger charge is -2.22. The summed E-state index contributed by atoms with van der Waals surface area (Å²) in [6.45, 7) is 1.60. The van der Waals surface area contributed by atoms with Crippen LogP contribution in [-0.4, -0.2) is 46.5 Å². The van der Waals surface area contributed by atoms with Crippen molar-refractivity contribution in [2.24, 2.45) is 7.05 Å². The number of fused-ring (bicyclic) bond motifs is 3. The smallest absolute Gasteiger partial charge is 0.261 e. The molecule has 0 saturated heterocycles. The minimum absolute atomic E-state index is 0.0685. The molecular formula is C23H31N5O3. The number of amides is 1. The number of hydrogen-bond acceptors (Lipinski definition) is 5. The summed E-state index contributed by atoms with van der Waals surface area (Å²) in [6.07, 6.45) is 8.94. The van der Waals surface area contributed by atoms with E-state index >= 15 is 0 Å². The van der Waals surface area contributed by atoms with Crippen LogP contribution in [0.25, 0.3) is 21.8 Å². The Bertz CT molecular complexity index is 1130. The van der Waals surface area contributed by atoms with Gasteiger partial charge in [-0.3, -0.25) is 14.3 Å². The molecule has 1 aliphatic rings. The number of rotatable bonds is 8. The molecule has 0 radical (unpaired) electrons. The van der Waals surface area contributed by atoms with E-state index in [0.717, 1.165) is 23.9 Å². The summed E-state index contributed by atoms with van der Waals surface area (Å²) < 4.78 is 8.56. The standard InChI is InChI=1S/C23H31N5O3/c1-27-20-10-9-17(31-2)13-18(20)22-19(23(27)30)14-26-28(22)15-21(29)25-12-6-11-24-16-7-4-3-5-8-16/h9-10,13-14,16,24H,3-8,11-12,15H2,1-2H3,(H,25,29). The molecule has 2 N–H and O–H groups in total. The molecule has 0 aliphatic heterocycles. The maximum atomic E-state index is 12.7. The number of aryl methyl sites for hydroxylation is 1. The first kappa shape index (κ1) is 21.4. The summed E-state index contributed by atoms with van der Waals surface area (Å²) in [5.74, 6) is 0.578. The number of hydrogen-bond donors (Lipinski definition) is 2. The van der Waals surface area contributed by atoms with Crippen LogP contribution in [0.3, 0.4) is 0 Å². The molecule has 8 nitrogen and oxygen atoms in total. The van der Waals surface area contributed by atoms with Gasteiger partial charge in [0.2, 0.25) is 5.91 Å². The predicted molar refractivity (Wildman–Crippen MR) is 122 cm³/mol. The summed E-state index contributed by atoms with van der Waals surface area (Å²) in [5.41, 5.74) is 1.30. The highest BCUT2D eigenvalue weighted by atomic mass is 16.5. The third-order valence-electron chi connectivity index (χ3n) is 6.20. The zero-order valence-electron chi connectivity index (χ0n) is 18.3. The first-order chi connectivity index (χ1) is 15.1. The summed E-state index contributed by atoms with van der Waals surface area (Å²) in [6, 6.07) is 6.19. The highest BCUT2D eigenvalue weighted by molar-refractivity contribution is 6.04. The van der Waals surface area contributed by atoms with Crippen molar-refractivity contribution in [1.82, 2.24) is 25.0 Å². The molecule has 2 aromatic heterocycles. The van der Waals surface area contributed by atoms with Gasteiger partial charge in [-0.05, 0) is 44.0 Å². The molecule has 1 aromatic carbocycles. The molecule has 0 bridgehead atoms. The maximum Gasteiger partial charge on any atom is 0.261 e. The van der Waals surface area contributed by atoms with Gasteiger partial charge in [-0.1, -0.05) is 19.3 Å². The van der Waals surface area contributed by atoms with Crippen molar-refractivity contribution < 1.29 is 9.53 Å². The van der Waals surface area contributed by atoms with Crippen LogP contribution in [0, 0.1) is 0 Å². The van der Waals surface area contributed by atoms with Gasteiger partial charge in [0.1, 0.15) is 12.3 Å². The van der Waals surface area contributed by atoms with Crippen LogP contribution in [0.15, 0.2) is 29.2 Å². The molecule has 4 rings (SSSR count). The van der Waals surface area contributed by atoms with Gasteiger partial charge in [-0.2, -0.15) is 5.10 Å². The van der Waals surface area contributed by atoms with Gasteiger partial charge in [-0.25, -0.2) is 0 Å². The average Bonchev–Trinajstić information content (AvgIpc) is 3.21. The Balaban J connectivity index is 1.43. The number of methoxy groups -OCH3 is 1. The lowest BCUT2D eigenvalue weighted by molar-refractivity contribution is -0.121. The Kier molecular flexibility index (Phi) is 6.56. The third kappa shape index (κ3) is 4.58.